The summed E-state index contributed by atoms with van der Waals surface area (Å²) in [6.45, 7) is 5.74. The standard InChI is InChI=1S/C18H27N3O4/c1-4-25-18(24)21-15(11-13-8-6-5-7-9-13)17(23)20-14(16(19)22)10-12(2)3/h5-9,12,14-15H,4,10-11H2,1-3H3,(H2,19,22)(H,20,23)(H,21,24)/t14-,15-/m0/s1. The molecule has 3 amide bonds. The fraction of sp³-hybridized carbons (Fsp3) is 0.500. The Morgan fingerprint density at radius 2 is 1.72 bits per heavy atom. The highest BCUT2D eigenvalue weighted by molar-refractivity contribution is 5.90. The number of nitrogens with two attached hydrogens (primary N) is 1. The molecule has 0 heterocycles. The maximum atomic E-state index is 12.6. The van der Waals surface area contributed by atoms with Gasteiger partial charge in [-0.15, -0.1) is 0 Å². The predicted octanol–water partition coefficient (Wildman–Crippen LogP) is 1.36. The number of rotatable bonds is 9. The molecule has 0 aliphatic carbocycles. The van der Waals surface area contributed by atoms with Crippen molar-refractivity contribution in [1.82, 2.24) is 10.6 Å². The van der Waals surface area contributed by atoms with Gasteiger partial charge in [0.25, 0.3) is 0 Å². The Labute approximate surface area is 148 Å². The van der Waals surface area contributed by atoms with Gasteiger partial charge in [0, 0.05) is 6.42 Å². The van der Waals surface area contributed by atoms with Gasteiger partial charge in [-0.05, 0) is 24.8 Å². The van der Waals surface area contributed by atoms with Crippen LogP contribution in [0.4, 0.5) is 4.79 Å². The maximum Gasteiger partial charge on any atom is 0.407 e. The highest BCUT2D eigenvalue weighted by Crippen LogP contribution is 2.07. The number of hydrogen-bond donors (Lipinski definition) is 3. The molecule has 25 heavy (non-hydrogen) atoms. The molecule has 0 saturated heterocycles. The highest BCUT2D eigenvalue weighted by atomic mass is 16.5. The van der Waals surface area contributed by atoms with Gasteiger partial charge in [-0.1, -0.05) is 44.2 Å². The molecule has 1 aromatic rings. The van der Waals surface area contributed by atoms with Gasteiger partial charge in [-0.2, -0.15) is 0 Å². The molecular weight excluding hydrogens is 322 g/mol. The Bertz CT molecular complexity index is 575. The van der Waals surface area contributed by atoms with Crippen LogP contribution in [-0.4, -0.2) is 36.6 Å². The Balaban J connectivity index is 2.86. The summed E-state index contributed by atoms with van der Waals surface area (Å²) in [5.74, 6) is -0.888. The first-order valence-corrected chi connectivity index (χ1v) is 8.40. The Morgan fingerprint density at radius 1 is 1.08 bits per heavy atom. The van der Waals surface area contributed by atoms with Gasteiger partial charge in [-0.3, -0.25) is 9.59 Å². The van der Waals surface area contributed by atoms with E-state index in [9.17, 15) is 14.4 Å². The van der Waals surface area contributed by atoms with Gasteiger partial charge in [0.05, 0.1) is 6.61 Å². The van der Waals surface area contributed by atoms with Crippen molar-refractivity contribution >= 4 is 17.9 Å². The summed E-state index contributed by atoms with van der Waals surface area (Å²) in [4.78, 5) is 35.9. The number of alkyl carbamates (subject to hydrolysis) is 1. The van der Waals surface area contributed by atoms with Gasteiger partial charge in [-0.25, -0.2) is 4.79 Å². The molecule has 0 bridgehead atoms. The van der Waals surface area contributed by atoms with Crippen molar-refractivity contribution in [3.8, 4) is 0 Å². The molecule has 7 nitrogen and oxygen atoms in total. The minimum atomic E-state index is -0.865. The van der Waals surface area contributed by atoms with Crippen molar-refractivity contribution in [3.05, 3.63) is 35.9 Å². The van der Waals surface area contributed by atoms with E-state index in [0.29, 0.717) is 6.42 Å². The lowest BCUT2D eigenvalue weighted by molar-refractivity contribution is -0.128. The topological polar surface area (TPSA) is 111 Å². The van der Waals surface area contributed by atoms with E-state index in [1.807, 2.05) is 44.2 Å². The van der Waals surface area contributed by atoms with Crippen molar-refractivity contribution in [3.63, 3.8) is 0 Å². The SMILES string of the molecule is CCOC(=O)N[C@@H](Cc1ccccc1)C(=O)N[C@@H](CC(C)C)C(N)=O. The molecular formula is C18H27N3O4. The lowest BCUT2D eigenvalue weighted by Crippen LogP contribution is -2.54. The second kappa shape index (κ2) is 10.3. The van der Waals surface area contributed by atoms with Crippen LogP contribution in [0.2, 0.25) is 0 Å². The zero-order chi connectivity index (χ0) is 18.8. The number of ether oxygens (including phenoxy) is 1. The van der Waals surface area contributed by atoms with Gasteiger partial charge in [0.1, 0.15) is 12.1 Å². The number of nitrogens with one attached hydrogen (secondary N) is 2. The van der Waals surface area contributed by atoms with Crippen molar-refractivity contribution in [2.45, 2.75) is 45.7 Å². The van der Waals surface area contributed by atoms with Crippen molar-refractivity contribution in [2.24, 2.45) is 11.7 Å². The molecule has 0 aliphatic rings. The minimum Gasteiger partial charge on any atom is -0.450 e. The molecule has 1 aromatic carbocycles. The Kier molecular flexibility index (Phi) is 8.46. The van der Waals surface area contributed by atoms with Crippen LogP contribution in [-0.2, 0) is 20.7 Å². The zero-order valence-corrected chi connectivity index (χ0v) is 15.0. The summed E-state index contributed by atoms with van der Waals surface area (Å²) >= 11 is 0. The molecule has 0 aliphatic heterocycles. The summed E-state index contributed by atoms with van der Waals surface area (Å²) in [7, 11) is 0. The molecule has 138 valence electrons. The largest absolute Gasteiger partial charge is 0.450 e. The third-order valence-corrected chi connectivity index (χ3v) is 3.53. The smallest absolute Gasteiger partial charge is 0.407 e. The number of hydrogen-bond acceptors (Lipinski definition) is 4. The van der Waals surface area contributed by atoms with Crippen LogP contribution in [0.5, 0.6) is 0 Å². The van der Waals surface area contributed by atoms with E-state index in [1.54, 1.807) is 6.92 Å². The average Bonchev–Trinajstić information content (AvgIpc) is 2.54. The quantitative estimate of drug-likeness (QED) is 0.625. The second-order valence-corrected chi connectivity index (χ2v) is 6.20. The summed E-state index contributed by atoms with van der Waals surface area (Å²) < 4.78 is 4.86. The average molecular weight is 349 g/mol. The van der Waals surface area contributed by atoms with Gasteiger partial charge >= 0.3 is 6.09 Å². The third-order valence-electron chi connectivity index (χ3n) is 3.53. The van der Waals surface area contributed by atoms with E-state index < -0.39 is 30.0 Å². The number of amides is 3. The molecule has 0 spiro atoms. The van der Waals surface area contributed by atoms with Crippen LogP contribution in [0.1, 0.15) is 32.8 Å². The zero-order valence-electron chi connectivity index (χ0n) is 15.0. The van der Waals surface area contributed by atoms with Crippen LogP contribution in [0.15, 0.2) is 30.3 Å². The lowest BCUT2D eigenvalue weighted by atomic mass is 10.0. The molecule has 0 radical (unpaired) electrons. The molecule has 0 saturated carbocycles. The fourth-order valence-corrected chi connectivity index (χ4v) is 2.36. The summed E-state index contributed by atoms with van der Waals surface area (Å²) in [6, 6.07) is 7.62. The summed E-state index contributed by atoms with van der Waals surface area (Å²) in [5.41, 5.74) is 6.24. The van der Waals surface area contributed by atoms with Crippen molar-refractivity contribution in [2.75, 3.05) is 6.61 Å². The normalized spacial score (nSPS) is 13.0. The molecule has 2 atom stereocenters. The van der Waals surface area contributed by atoms with Gasteiger partial charge in [0.15, 0.2) is 0 Å². The van der Waals surface area contributed by atoms with E-state index in [-0.39, 0.29) is 18.9 Å². The third kappa shape index (κ3) is 7.69. The minimum absolute atomic E-state index is 0.184. The van der Waals surface area contributed by atoms with E-state index >= 15 is 0 Å². The maximum absolute atomic E-state index is 12.6. The van der Waals surface area contributed by atoms with Crippen LogP contribution < -0.4 is 16.4 Å². The second-order valence-electron chi connectivity index (χ2n) is 6.20. The molecule has 7 heteroatoms. The van der Waals surface area contributed by atoms with Crippen LogP contribution >= 0.6 is 0 Å². The van der Waals surface area contributed by atoms with Crippen molar-refractivity contribution < 1.29 is 19.1 Å². The van der Waals surface area contributed by atoms with Crippen LogP contribution in [0, 0.1) is 5.92 Å². The number of carbonyl (C=O) groups excluding carboxylic acids is 3. The summed E-state index contributed by atoms with van der Waals surface area (Å²) in [6.07, 6.45) is 0.0232. The monoisotopic (exact) mass is 349 g/mol. The van der Waals surface area contributed by atoms with Gasteiger partial charge in [0.2, 0.25) is 11.8 Å². The van der Waals surface area contributed by atoms with Crippen LogP contribution in [0.3, 0.4) is 0 Å². The highest BCUT2D eigenvalue weighted by Gasteiger charge is 2.26. The molecule has 0 aromatic heterocycles. The van der Waals surface area contributed by atoms with Crippen LogP contribution in [0.25, 0.3) is 0 Å². The number of primary amides is 1. The predicted molar refractivity (Wildman–Crippen MR) is 94.7 cm³/mol. The fourth-order valence-electron chi connectivity index (χ4n) is 2.36. The number of benzene rings is 1. The first-order chi connectivity index (χ1) is 11.8. The first-order valence-electron chi connectivity index (χ1n) is 8.40. The van der Waals surface area contributed by atoms with E-state index in [4.69, 9.17) is 10.5 Å². The summed E-state index contributed by atoms with van der Waals surface area (Å²) in [5, 5.41) is 5.17. The molecule has 0 fully saturated rings. The molecule has 4 N–H and O–H groups in total. The first kappa shape index (κ1) is 20.5. The number of carbonyl (C=O) groups is 3. The van der Waals surface area contributed by atoms with E-state index in [2.05, 4.69) is 10.6 Å². The van der Waals surface area contributed by atoms with E-state index in [0.717, 1.165) is 5.56 Å². The Hall–Kier alpha value is -2.57. The Morgan fingerprint density at radius 3 is 2.24 bits per heavy atom. The van der Waals surface area contributed by atoms with Gasteiger partial charge < -0.3 is 21.1 Å². The molecule has 1 rings (SSSR count). The van der Waals surface area contributed by atoms with Crippen molar-refractivity contribution in [1.29, 1.82) is 0 Å². The lowest BCUT2D eigenvalue weighted by Gasteiger charge is -2.22. The van der Waals surface area contributed by atoms with E-state index in [1.165, 1.54) is 0 Å². The molecule has 0 unspecified atom stereocenters.